The monoisotopic (exact) mass is 423 g/mol. The van der Waals surface area contributed by atoms with Crippen LogP contribution in [0.5, 0.6) is 0 Å². The summed E-state index contributed by atoms with van der Waals surface area (Å²) >= 11 is 3.54. The van der Waals surface area contributed by atoms with Crippen LogP contribution < -0.4 is 10.7 Å². The average molecular weight is 424 g/mol. The second-order valence-corrected chi connectivity index (χ2v) is 8.38. The quantitative estimate of drug-likeness (QED) is 0.704. The zero-order valence-electron chi connectivity index (χ0n) is 14.6. The first-order chi connectivity index (χ1) is 13.1. The van der Waals surface area contributed by atoms with Crippen molar-refractivity contribution in [1.29, 1.82) is 0 Å². The van der Waals surface area contributed by atoms with Gasteiger partial charge >= 0.3 is 0 Å². The van der Waals surface area contributed by atoms with E-state index in [-0.39, 0.29) is 29.3 Å². The minimum Gasteiger partial charge on any atom is -0.351 e. The number of carbonyl (C=O) groups is 1. The number of rotatable bonds is 3. The fourth-order valence-corrected chi connectivity index (χ4v) is 4.89. The average Bonchev–Trinajstić information content (AvgIpc) is 3.22. The van der Waals surface area contributed by atoms with Crippen molar-refractivity contribution in [3.63, 3.8) is 0 Å². The number of hydrogen-bond acceptors (Lipinski definition) is 3. The van der Waals surface area contributed by atoms with Gasteiger partial charge in [-0.3, -0.25) is 14.3 Å². The fraction of sp³-hybridized carbons (Fsp3) is 0.286. The van der Waals surface area contributed by atoms with Crippen LogP contribution in [0.4, 0.5) is 0 Å². The van der Waals surface area contributed by atoms with Crippen LogP contribution in [0.3, 0.4) is 0 Å². The predicted octanol–water partition coefficient (Wildman–Crippen LogP) is 2.93. The van der Waals surface area contributed by atoms with Crippen LogP contribution in [-0.4, -0.2) is 21.7 Å². The highest BCUT2D eigenvalue weighted by Gasteiger charge is 2.58. The predicted molar refractivity (Wildman–Crippen MR) is 107 cm³/mol. The topological polar surface area (TPSA) is 64.0 Å². The van der Waals surface area contributed by atoms with Crippen molar-refractivity contribution >= 4 is 32.7 Å². The Morgan fingerprint density at radius 2 is 2.15 bits per heavy atom. The standard InChI is InChI=1S/C21H18BrN3O2/c22-14-5-6-16-13(9-14)7-8-21(16)10-19(21)24-20(27)12-25-17-4-2-1-3-15(17)18(26)11-23-25/h1-6,9,11,19H,7-8,10,12H2,(H,24,27). The second-order valence-electron chi connectivity index (χ2n) is 7.47. The molecule has 0 radical (unpaired) electrons. The summed E-state index contributed by atoms with van der Waals surface area (Å²) in [5.41, 5.74) is 3.42. The summed E-state index contributed by atoms with van der Waals surface area (Å²) < 4.78 is 2.71. The molecule has 2 atom stereocenters. The third-order valence-electron chi connectivity index (χ3n) is 5.91. The van der Waals surface area contributed by atoms with Gasteiger partial charge in [0, 0.05) is 21.3 Å². The molecule has 6 heteroatoms. The smallest absolute Gasteiger partial charge is 0.242 e. The Kier molecular flexibility index (Phi) is 3.72. The lowest BCUT2D eigenvalue weighted by Gasteiger charge is -2.14. The van der Waals surface area contributed by atoms with E-state index in [1.165, 1.54) is 17.3 Å². The summed E-state index contributed by atoms with van der Waals surface area (Å²) in [7, 11) is 0. The van der Waals surface area contributed by atoms with Gasteiger partial charge in [0.25, 0.3) is 0 Å². The summed E-state index contributed by atoms with van der Waals surface area (Å²) in [4.78, 5) is 24.6. The highest BCUT2D eigenvalue weighted by molar-refractivity contribution is 9.10. The SMILES string of the molecule is O=C(Cn1ncc(=O)c2ccccc21)NC1CC12CCc1cc(Br)ccc12. The van der Waals surface area contributed by atoms with Gasteiger partial charge in [-0.1, -0.05) is 34.1 Å². The molecule has 1 aromatic heterocycles. The summed E-state index contributed by atoms with van der Waals surface area (Å²) in [5.74, 6) is -0.0660. The highest BCUT2D eigenvalue weighted by atomic mass is 79.9. The molecule has 27 heavy (non-hydrogen) atoms. The van der Waals surface area contributed by atoms with Crippen molar-refractivity contribution in [1.82, 2.24) is 15.1 Å². The minimum absolute atomic E-state index is 0.0660. The van der Waals surface area contributed by atoms with Gasteiger partial charge in [0.15, 0.2) is 0 Å². The molecule has 1 fully saturated rings. The van der Waals surface area contributed by atoms with E-state index in [1.54, 1.807) is 10.7 Å². The van der Waals surface area contributed by atoms with E-state index in [0.29, 0.717) is 10.9 Å². The third kappa shape index (κ3) is 2.70. The van der Waals surface area contributed by atoms with Crippen molar-refractivity contribution in [3.05, 3.63) is 74.5 Å². The lowest BCUT2D eigenvalue weighted by Crippen LogP contribution is -2.34. The van der Waals surface area contributed by atoms with Crippen LogP contribution in [0.2, 0.25) is 0 Å². The van der Waals surface area contributed by atoms with Gasteiger partial charge in [-0.2, -0.15) is 5.10 Å². The number of benzene rings is 2. The highest BCUT2D eigenvalue weighted by Crippen LogP contribution is 2.57. The molecule has 2 aromatic carbocycles. The van der Waals surface area contributed by atoms with E-state index in [0.717, 1.165) is 23.7 Å². The molecule has 136 valence electrons. The van der Waals surface area contributed by atoms with E-state index in [4.69, 9.17) is 0 Å². The normalized spacial score (nSPS) is 22.8. The Balaban J connectivity index is 1.34. The summed E-state index contributed by atoms with van der Waals surface area (Å²) in [6.45, 7) is 0.112. The molecule has 5 rings (SSSR count). The van der Waals surface area contributed by atoms with Crippen LogP contribution in [0.15, 0.2) is 57.9 Å². The van der Waals surface area contributed by atoms with Gasteiger partial charge < -0.3 is 5.32 Å². The van der Waals surface area contributed by atoms with Crippen molar-refractivity contribution in [3.8, 4) is 0 Å². The van der Waals surface area contributed by atoms with Crippen molar-refractivity contribution in [2.24, 2.45) is 0 Å². The molecule has 2 aliphatic rings. The van der Waals surface area contributed by atoms with Crippen molar-refractivity contribution < 1.29 is 4.79 Å². The number of carbonyl (C=O) groups excluding carboxylic acids is 1. The molecule has 5 nitrogen and oxygen atoms in total. The van der Waals surface area contributed by atoms with Gasteiger partial charge in [-0.05, 0) is 54.7 Å². The number of halogens is 1. The van der Waals surface area contributed by atoms with Crippen LogP contribution in [0, 0.1) is 0 Å². The Labute approximate surface area is 164 Å². The maximum Gasteiger partial charge on any atom is 0.242 e. The van der Waals surface area contributed by atoms with Crippen LogP contribution in [-0.2, 0) is 23.2 Å². The number of para-hydroxylation sites is 1. The number of nitrogens with one attached hydrogen (secondary N) is 1. The van der Waals surface area contributed by atoms with Gasteiger partial charge in [0.05, 0.1) is 11.7 Å². The molecular formula is C21H18BrN3O2. The van der Waals surface area contributed by atoms with E-state index >= 15 is 0 Å². The molecule has 1 spiro atoms. The molecule has 1 amide bonds. The van der Waals surface area contributed by atoms with E-state index in [9.17, 15) is 9.59 Å². The number of aryl methyl sites for hydroxylation is 1. The third-order valence-corrected chi connectivity index (χ3v) is 6.40. The molecule has 0 aliphatic heterocycles. The number of aromatic nitrogens is 2. The Hall–Kier alpha value is -2.47. The van der Waals surface area contributed by atoms with E-state index in [1.807, 2.05) is 18.2 Å². The van der Waals surface area contributed by atoms with Crippen molar-refractivity contribution in [2.45, 2.75) is 37.3 Å². The van der Waals surface area contributed by atoms with Gasteiger partial charge in [-0.15, -0.1) is 0 Å². The summed E-state index contributed by atoms with van der Waals surface area (Å²) in [6, 6.07) is 13.9. The first kappa shape index (κ1) is 16.7. The summed E-state index contributed by atoms with van der Waals surface area (Å²) in [5, 5.41) is 7.91. The molecule has 0 saturated heterocycles. The molecular weight excluding hydrogens is 406 g/mol. The first-order valence-electron chi connectivity index (χ1n) is 9.10. The summed E-state index contributed by atoms with van der Waals surface area (Å²) in [6.07, 6.45) is 4.42. The molecule has 1 heterocycles. The first-order valence-corrected chi connectivity index (χ1v) is 9.89. The molecule has 0 bridgehead atoms. The molecule has 2 unspecified atom stereocenters. The lowest BCUT2D eigenvalue weighted by molar-refractivity contribution is -0.122. The Bertz CT molecular complexity index is 1140. The number of hydrogen-bond donors (Lipinski definition) is 1. The van der Waals surface area contributed by atoms with Gasteiger partial charge in [0.2, 0.25) is 11.3 Å². The minimum atomic E-state index is -0.128. The molecule has 2 aliphatic carbocycles. The largest absolute Gasteiger partial charge is 0.351 e. The number of fused-ring (bicyclic) bond motifs is 3. The second kappa shape index (κ2) is 6.02. The molecule has 1 N–H and O–H groups in total. The zero-order chi connectivity index (χ0) is 18.6. The Morgan fingerprint density at radius 3 is 3.04 bits per heavy atom. The molecule has 1 saturated carbocycles. The van der Waals surface area contributed by atoms with Crippen LogP contribution in [0.1, 0.15) is 24.0 Å². The van der Waals surface area contributed by atoms with Gasteiger partial charge in [-0.25, -0.2) is 0 Å². The van der Waals surface area contributed by atoms with E-state index in [2.05, 4.69) is 44.5 Å². The maximum atomic E-state index is 12.6. The van der Waals surface area contributed by atoms with Gasteiger partial charge in [0.1, 0.15) is 6.54 Å². The number of amides is 1. The Morgan fingerprint density at radius 1 is 1.30 bits per heavy atom. The van der Waals surface area contributed by atoms with Crippen molar-refractivity contribution in [2.75, 3.05) is 0 Å². The fourth-order valence-electron chi connectivity index (χ4n) is 4.48. The van der Waals surface area contributed by atoms with Crippen LogP contribution >= 0.6 is 15.9 Å². The molecule has 3 aromatic rings. The van der Waals surface area contributed by atoms with Crippen LogP contribution in [0.25, 0.3) is 10.9 Å². The number of nitrogens with zero attached hydrogens (tertiary/aromatic N) is 2. The zero-order valence-corrected chi connectivity index (χ0v) is 16.2. The van der Waals surface area contributed by atoms with E-state index < -0.39 is 0 Å². The lowest BCUT2D eigenvalue weighted by atomic mass is 9.97. The maximum absolute atomic E-state index is 12.6.